The fraction of sp³-hybridized carbons (Fsp3) is 0.176. The Balaban J connectivity index is 0.000000224. The molecule has 0 amide bonds. The zero-order chi connectivity index (χ0) is 16.8. The number of carboxylic acid groups (broad SMARTS) is 2. The molecular weight excluding hydrogens is 282 g/mol. The number of carbonyl (C=O) groups is 2. The number of hydrogen-bond acceptors (Lipinski definition) is 2. The van der Waals surface area contributed by atoms with Gasteiger partial charge < -0.3 is 10.2 Å². The van der Waals surface area contributed by atoms with Gasteiger partial charge in [-0.15, -0.1) is 0 Å². The number of benzene rings is 2. The zero-order valence-electron chi connectivity index (χ0n) is 12.9. The van der Waals surface area contributed by atoms with Crippen molar-refractivity contribution < 1.29 is 19.8 Å². The lowest BCUT2D eigenvalue weighted by molar-refractivity contribution is 0.0696. The lowest BCUT2D eigenvalue weighted by atomic mass is 10.1. The van der Waals surface area contributed by atoms with Gasteiger partial charge in [-0.3, -0.25) is 4.48 Å². The SMILES string of the molecule is C[N+](C)(C)c1ccccc1.O=C(O)c1cccc(C(=O)O)c1. The summed E-state index contributed by atoms with van der Waals surface area (Å²) < 4.78 is 0.890. The van der Waals surface area contributed by atoms with Gasteiger partial charge >= 0.3 is 11.9 Å². The molecule has 2 aromatic carbocycles. The molecule has 0 spiro atoms. The average Bonchev–Trinajstić information content (AvgIpc) is 2.48. The standard InChI is InChI=1S/C9H14N.C8H6O4/c1-10(2,3)9-7-5-4-6-8-9;9-7(10)5-2-1-3-6(4-5)8(11)12/h4-8H,1-3H3;1-4H,(H,9,10)(H,11,12)/q+1;. The Hall–Kier alpha value is -2.66. The Morgan fingerprint density at radius 2 is 1.23 bits per heavy atom. The van der Waals surface area contributed by atoms with E-state index in [1.54, 1.807) is 0 Å². The maximum atomic E-state index is 10.4. The Morgan fingerprint density at radius 3 is 1.55 bits per heavy atom. The van der Waals surface area contributed by atoms with Gasteiger partial charge in [0.2, 0.25) is 0 Å². The van der Waals surface area contributed by atoms with Crippen LogP contribution in [-0.2, 0) is 0 Å². The maximum absolute atomic E-state index is 10.4. The Labute approximate surface area is 129 Å². The second-order valence-electron chi connectivity index (χ2n) is 5.54. The highest BCUT2D eigenvalue weighted by Crippen LogP contribution is 2.14. The Kier molecular flexibility index (Phi) is 5.83. The summed E-state index contributed by atoms with van der Waals surface area (Å²) in [4.78, 5) is 20.8. The van der Waals surface area contributed by atoms with E-state index in [0.717, 1.165) is 10.5 Å². The molecule has 0 aliphatic heterocycles. The van der Waals surface area contributed by atoms with Crippen molar-refractivity contribution in [1.82, 2.24) is 4.48 Å². The second-order valence-corrected chi connectivity index (χ2v) is 5.54. The summed E-state index contributed by atoms with van der Waals surface area (Å²) in [6, 6.07) is 15.7. The minimum Gasteiger partial charge on any atom is -0.478 e. The van der Waals surface area contributed by atoms with Crippen LogP contribution in [-0.4, -0.2) is 43.3 Å². The molecular formula is C17H20NO4+. The van der Waals surface area contributed by atoms with Gasteiger partial charge in [0.15, 0.2) is 0 Å². The molecule has 0 aliphatic carbocycles. The third kappa shape index (κ3) is 5.38. The Bertz CT molecular complexity index is 616. The molecule has 0 atom stereocenters. The summed E-state index contributed by atoms with van der Waals surface area (Å²) in [6.07, 6.45) is 0. The van der Waals surface area contributed by atoms with Crippen LogP contribution in [0.5, 0.6) is 0 Å². The lowest BCUT2D eigenvalue weighted by Gasteiger charge is -2.22. The summed E-state index contributed by atoms with van der Waals surface area (Å²) in [5, 5.41) is 17.0. The van der Waals surface area contributed by atoms with Crippen molar-refractivity contribution in [3.63, 3.8) is 0 Å². The van der Waals surface area contributed by atoms with Crippen LogP contribution in [0, 0.1) is 0 Å². The number of carboxylic acids is 2. The third-order valence-electron chi connectivity index (χ3n) is 2.89. The minimum atomic E-state index is -1.13. The van der Waals surface area contributed by atoms with E-state index in [9.17, 15) is 9.59 Å². The van der Waals surface area contributed by atoms with Gasteiger partial charge in [-0.2, -0.15) is 0 Å². The number of para-hydroxylation sites is 1. The highest BCUT2D eigenvalue weighted by molar-refractivity contribution is 5.93. The molecule has 5 heteroatoms. The van der Waals surface area contributed by atoms with Gasteiger partial charge in [-0.05, 0) is 30.3 Å². The lowest BCUT2D eigenvalue weighted by Crippen LogP contribution is -2.34. The topological polar surface area (TPSA) is 74.6 Å². The molecule has 0 heterocycles. The number of nitrogens with zero attached hydrogens (tertiary/aromatic N) is 1. The molecule has 2 rings (SSSR count). The molecule has 0 radical (unpaired) electrons. The predicted molar refractivity (Wildman–Crippen MR) is 86.4 cm³/mol. The van der Waals surface area contributed by atoms with Crippen molar-refractivity contribution in [2.24, 2.45) is 0 Å². The van der Waals surface area contributed by atoms with Gasteiger partial charge in [0.25, 0.3) is 0 Å². The van der Waals surface area contributed by atoms with E-state index in [-0.39, 0.29) is 11.1 Å². The molecule has 22 heavy (non-hydrogen) atoms. The van der Waals surface area contributed by atoms with Crippen LogP contribution < -0.4 is 4.48 Å². The van der Waals surface area contributed by atoms with Gasteiger partial charge in [0.05, 0.1) is 32.3 Å². The normalized spacial score (nSPS) is 10.3. The molecule has 0 saturated carbocycles. The van der Waals surface area contributed by atoms with E-state index in [2.05, 4.69) is 45.4 Å². The molecule has 116 valence electrons. The smallest absolute Gasteiger partial charge is 0.335 e. The molecule has 0 bridgehead atoms. The van der Waals surface area contributed by atoms with Crippen molar-refractivity contribution in [2.75, 3.05) is 21.1 Å². The predicted octanol–water partition coefficient (Wildman–Crippen LogP) is 2.97. The van der Waals surface area contributed by atoms with Gasteiger partial charge in [-0.1, -0.05) is 24.3 Å². The Morgan fingerprint density at radius 1 is 0.773 bits per heavy atom. The average molecular weight is 302 g/mol. The number of rotatable bonds is 3. The van der Waals surface area contributed by atoms with Crippen molar-refractivity contribution in [3.8, 4) is 0 Å². The summed E-state index contributed by atoms with van der Waals surface area (Å²) >= 11 is 0. The van der Waals surface area contributed by atoms with Crippen LogP contribution in [0.25, 0.3) is 0 Å². The number of hydrogen-bond donors (Lipinski definition) is 2. The molecule has 0 aliphatic rings. The van der Waals surface area contributed by atoms with Crippen LogP contribution >= 0.6 is 0 Å². The van der Waals surface area contributed by atoms with Gasteiger partial charge in [0.1, 0.15) is 5.69 Å². The third-order valence-corrected chi connectivity index (χ3v) is 2.89. The summed E-state index contributed by atoms with van der Waals surface area (Å²) in [5.41, 5.74) is 1.30. The van der Waals surface area contributed by atoms with Crippen molar-refractivity contribution in [1.29, 1.82) is 0 Å². The summed E-state index contributed by atoms with van der Waals surface area (Å²) in [5.74, 6) is -2.25. The molecule has 5 nitrogen and oxygen atoms in total. The zero-order valence-corrected chi connectivity index (χ0v) is 12.9. The minimum absolute atomic E-state index is 0.0186. The van der Waals surface area contributed by atoms with Gasteiger partial charge in [0, 0.05) is 0 Å². The van der Waals surface area contributed by atoms with Gasteiger partial charge in [-0.25, -0.2) is 9.59 Å². The van der Waals surface area contributed by atoms with E-state index in [1.165, 1.54) is 23.9 Å². The quantitative estimate of drug-likeness (QED) is 0.855. The maximum Gasteiger partial charge on any atom is 0.335 e. The second kappa shape index (κ2) is 7.38. The van der Waals surface area contributed by atoms with E-state index >= 15 is 0 Å². The molecule has 0 fully saturated rings. The monoisotopic (exact) mass is 302 g/mol. The van der Waals surface area contributed by atoms with Crippen LogP contribution in [0.3, 0.4) is 0 Å². The van der Waals surface area contributed by atoms with Crippen LogP contribution in [0.4, 0.5) is 5.69 Å². The summed E-state index contributed by atoms with van der Waals surface area (Å²) in [6.45, 7) is 0. The van der Waals surface area contributed by atoms with E-state index in [4.69, 9.17) is 10.2 Å². The highest BCUT2D eigenvalue weighted by Gasteiger charge is 2.09. The first-order valence-corrected chi connectivity index (χ1v) is 6.65. The first kappa shape index (κ1) is 17.4. The van der Waals surface area contributed by atoms with Crippen molar-refractivity contribution >= 4 is 17.6 Å². The molecule has 0 unspecified atom stereocenters. The van der Waals surface area contributed by atoms with E-state index in [0.29, 0.717) is 0 Å². The largest absolute Gasteiger partial charge is 0.478 e. The van der Waals surface area contributed by atoms with Crippen LogP contribution in [0.1, 0.15) is 20.7 Å². The van der Waals surface area contributed by atoms with E-state index in [1.807, 2.05) is 6.07 Å². The van der Waals surface area contributed by atoms with Crippen LogP contribution in [0.2, 0.25) is 0 Å². The molecule has 0 aromatic heterocycles. The van der Waals surface area contributed by atoms with E-state index < -0.39 is 11.9 Å². The summed E-state index contributed by atoms with van der Waals surface area (Å²) in [7, 11) is 6.49. The molecule has 0 saturated heterocycles. The highest BCUT2D eigenvalue weighted by atomic mass is 16.4. The van der Waals surface area contributed by atoms with Crippen molar-refractivity contribution in [3.05, 3.63) is 65.7 Å². The fourth-order valence-electron chi connectivity index (χ4n) is 1.66. The first-order chi connectivity index (χ1) is 10.2. The first-order valence-electron chi connectivity index (χ1n) is 6.65. The molecule has 2 aromatic rings. The molecule has 2 N–H and O–H groups in total. The van der Waals surface area contributed by atoms with Crippen LogP contribution in [0.15, 0.2) is 54.6 Å². The fourth-order valence-corrected chi connectivity index (χ4v) is 1.66. The number of aromatic carboxylic acids is 2. The number of quaternary nitrogens is 1. The van der Waals surface area contributed by atoms with Crippen molar-refractivity contribution in [2.45, 2.75) is 0 Å².